The van der Waals surface area contributed by atoms with E-state index in [0.717, 1.165) is 28.3 Å². The number of amides is 1. The lowest BCUT2D eigenvalue weighted by molar-refractivity contribution is -0.121. The summed E-state index contributed by atoms with van der Waals surface area (Å²) < 4.78 is 2.67. The number of fused-ring (bicyclic) bond motifs is 1. The number of halogens is 2. The highest BCUT2D eigenvalue weighted by Gasteiger charge is 2.29. The van der Waals surface area contributed by atoms with Crippen LogP contribution in [0.5, 0.6) is 0 Å². The van der Waals surface area contributed by atoms with E-state index in [1.807, 2.05) is 28.8 Å². The Hall–Kier alpha value is -2.56. The molecular weight excluding hydrogens is 456 g/mol. The second-order valence-corrected chi connectivity index (χ2v) is 8.50. The van der Waals surface area contributed by atoms with Crippen LogP contribution in [0.25, 0.3) is 11.0 Å². The molecule has 1 fully saturated rings. The summed E-state index contributed by atoms with van der Waals surface area (Å²) in [5.74, 6) is -0.191. The maximum Gasteiger partial charge on any atom is 0.326 e. The molecule has 148 valence electrons. The Kier molecular flexibility index (Phi) is 5.48. The van der Waals surface area contributed by atoms with Crippen LogP contribution < -0.4 is 11.0 Å². The number of carbonyl (C=O) groups excluding carboxylic acids is 1. The highest BCUT2D eigenvalue weighted by molar-refractivity contribution is 9.10. The van der Waals surface area contributed by atoms with Crippen molar-refractivity contribution in [3.63, 3.8) is 0 Å². The number of nitrogens with one attached hydrogen (secondary N) is 2. The predicted octanol–water partition coefficient (Wildman–Crippen LogP) is 4.99. The fraction of sp³-hybridized carbons (Fsp3) is 0.286. The van der Waals surface area contributed by atoms with Gasteiger partial charge in [-0.15, -0.1) is 0 Å². The molecule has 0 atom stereocenters. The summed E-state index contributed by atoms with van der Waals surface area (Å²) >= 11 is 9.42. The summed E-state index contributed by atoms with van der Waals surface area (Å²) in [6, 6.07) is 12.7. The Morgan fingerprint density at radius 2 is 2.00 bits per heavy atom. The normalized spacial score (nSPS) is 19.1. The number of nitrogens with zero attached hydrogens (tertiary/aromatic N) is 2. The molecule has 2 aromatic carbocycles. The molecule has 1 aliphatic carbocycles. The lowest BCUT2D eigenvalue weighted by Crippen LogP contribution is -2.31. The molecule has 29 heavy (non-hydrogen) atoms. The maximum absolute atomic E-state index is 12.7. The van der Waals surface area contributed by atoms with Crippen LogP contribution in [0.15, 0.2) is 45.7 Å². The summed E-state index contributed by atoms with van der Waals surface area (Å²) in [5.41, 5.74) is 2.45. The van der Waals surface area contributed by atoms with Gasteiger partial charge in [0.05, 0.1) is 21.6 Å². The molecule has 0 saturated heterocycles. The summed E-state index contributed by atoms with van der Waals surface area (Å²) in [4.78, 5) is 28.1. The van der Waals surface area contributed by atoms with Crippen LogP contribution in [-0.4, -0.2) is 15.5 Å². The monoisotopic (exact) mass is 472 g/mol. The number of rotatable bonds is 3. The Bertz CT molecular complexity index is 1190. The molecule has 3 aromatic rings. The van der Waals surface area contributed by atoms with Crippen LogP contribution in [0.4, 0.5) is 5.69 Å². The van der Waals surface area contributed by atoms with Gasteiger partial charge in [0.25, 0.3) is 0 Å². The number of hydrogen-bond donors (Lipinski definition) is 2. The standard InChI is InChI=1S/C21H18BrClN4O2/c22-16-2-1-3-18-19(16)26-21(29)27(18)15-7-4-12(5-8-15)20(28)25-14-6-9-17(23)13(10-14)11-24/h1-3,6,9-10,12,15H,4-5,7-8H2,(H,25,28)(H,26,29). The van der Waals surface area contributed by atoms with E-state index >= 15 is 0 Å². The van der Waals surface area contributed by atoms with E-state index < -0.39 is 0 Å². The fourth-order valence-corrected chi connectivity index (χ4v) is 4.62. The number of hydrogen-bond acceptors (Lipinski definition) is 3. The van der Waals surface area contributed by atoms with Crippen LogP contribution >= 0.6 is 27.5 Å². The molecule has 1 heterocycles. The first-order chi connectivity index (χ1) is 14.0. The van der Waals surface area contributed by atoms with Crippen molar-refractivity contribution in [1.82, 2.24) is 9.55 Å². The van der Waals surface area contributed by atoms with Gasteiger partial charge in [-0.1, -0.05) is 17.7 Å². The number of H-pyrrole nitrogens is 1. The largest absolute Gasteiger partial charge is 0.326 e. The second kappa shape index (κ2) is 8.05. The molecule has 1 aliphatic rings. The first kappa shape index (κ1) is 19.7. The topological polar surface area (TPSA) is 90.7 Å². The fourth-order valence-electron chi connectivity index (χ4n) is 4.01. The molecule has 0 spiro atoms. The van der Waals surface area contributed by atoms with E-state index in [9.17, 15) is 9.59 Å². The van der Waals surface area contributed by atoms with Crippen LogP contribution in [0, 0.1) is 17.2 Å². The van der Waals surface area contributed by atoms with Gasteiger partial charge in [-0.25, -0.2) is 4.79 Å². The Balaban J connectivity index is 1.46. The average Bonchev–Trinajstić information content (AvgIpc) is 3.07. The number of anilines is 1. The molecule has 6 nitrogen and oxygen atoms in total. The second-order valence-electron chi connectivity index (χ2n) is 7.24. The van der Waals surface area contributed by atoms with Gasteiger partial charge in [0.2, 0.25) is 5.91 Å². The van der Waals surface area contributed by atoms with Crippen LogP contribution in [-0.2, 0) is 4.79 Å². The van der Waals surface area contributed by atoms with Crippen molar-refractivity contribution in [2.24, 2.45) is 5.92 Å². The summed E-state index contributed by atoms with van der Waals surface area (Å²) in [6.07, 6.45) is 2.90. The molecule has 1 amide bonds. The van der Waals surface area contributed by atoms with E-state index in [1.54, 1.807) is 18.2 Å². The molecule has 0 bridgehead atoms. The van der Waals surface area contributed by atoms with Gasteiger partial charge in [0, 0.05) is 22.1 Å². The minimum atomic E-state index is -0.125. The lowest BCUT2D eigenvalue weighted by Gasteiger charge is -2.28. The van der Waals surface area contributed by atoms with Crippen molar-refractivity contribution in [2.45, 2.75) is 31.7 Å². The van der Waals surface area contributed by atoms with Gasteiger partial charge < -0.3 is 10.3 Å². The van der Waals surface area contributed by atoms with Crippen LogP contribution in [0.3, 0.4) is 0 Å². The van der Waals surface area contributed by atoms with Crippen molar-refractivity contribution in [2.75, 3.05) is 5.32 Å². The summed E-state index contributed by atoms with van der Waals surface area (Å²) in [7, 11) is 0. The van der Waals surface area contributed by atoms with Gasteiger partial charge in [0.1, 0.15) is 6.07 Å². The highest BCUT2D eigenvalue weighted by Crippen LogP contribution is 2.34. The third-order valence-corrected chi connectivity index (χ3v) is 6.48. The lowest BCUT2D eigenvalue weighted by atomic mass is 9.85. The molecular formula is C21H18BrClN4O2. The number of carbonyl (C=O) groups is 1. The van der Waals surface area contributed by atoms with Gasteiger partial charge in [0.15, 0.2) is 0 Å². The molecule has 0 aliphatic heterocycles. The molecule has 0 radical (unpaired) electrons. The van der Waals surface area contributed by atoms with E-state index in [-0.39, 0.29) is 23.6 Å². The third-order valence-electron chi connectivity index (χ3n) is 5.49. The van der Waals surface area contributed by atoms with Crippen molar-refractivity contribution in [3.05, 3.63) is 61.9 Å². The quantitative estimate of drug-likeness (QED) is 0.561. The van der Waals surface area contributed by atoms with E-state index in [4.69, 9.17) is 16.9 Å². The predicted molar refractivity (Wildman–Crippen MR) is 116 cm³/mol. The number of benzene rings is 2. The van der Waals surface area contributed by atoms with E-state index in [2.05, 4.69) is 26.2 Å². The molecule has 8 heteroatoms. The molecule has 0 unspecified atom stereocenters. The molecule has 1 saturated carbocycles. The number of nitriles is 1. The summed E-state index contributed by atoms with van der Waals surface area (Å²) in [6.45, 7) is 0. The van der Waals surface area contributed by atoms with Gasteiger partial charge in [-0.2, -0.15) is 5.26 Å². The third kappa shape index (κ3) is 3.83. The van der Waals surface area contributed by atoms with E-state index in [0.29, 0.717) is 29.1 Å². The Morgan fingerprint density at radius 1 is 1.24 bits per heavy atom. The number of aromatic amines is 1. The maximum atomic E-state index is 12.7. The summed E-state index contributed by atoms with van der Waals surface area (Å²) in [5, 5.41) is 12.3. The SMILES string of the molecule is N#Cc1cc(NC(=O)C2CCC(n3c(=O)[nH]c4c(Br)cccc43)CC2)ccc1Cl. The zero-order valence-corrected chi connectivity index (χ0v) is 17.8. The molecule has 2 N–H and O–H groups in total. The first-order valence-electron chi connectivity index (χ1n) is 9.37. The van der Waals surface area contributed by atoms with Gasteiger partial charge >= 0.3 is 5.69 Å². The van der Waals surface area contributed by atoms with E-state index in [1.165, 1.54) is 0 Å². The molecule has 4 rings (SSSR count). The van der Waals surface area contributed by atoms with Crippen molar-refractivity contribution < 1.29 is 4.79 Å². The van der Waals surface area contributed by atoms with Crippen molar-refractivity contribution >= 4 is 50.2 Å². The first-order valence-corrected chi connectivity index (χ1v) is 10.5. The van der Waals surface area contributed by atoms with Crippen molar-refractivity contribution in [1.29, 1.82) is 5.26 Å². The minimum Gasteiger partial charge on any atom is -0.326 e. The Morgan fingerprint density at radius 3 is 2.72 bits per heavy atom. The van der Waals surface area contributed by atoms with Gasteiger partial charge in [-0.05, 0) is 71.9 Å². The smallest absolute Gasteiger partial charge is 0.326 e. The van der Waals surface area contributed by atoms with Crippen LogP contribution in [0.2, 0.25) is 5.02 Å². The zero-order chi connectivity index (χ0) is 20.5. The zero-order valence-electron chi connectivity index (χ0n) is 15.4. The molecule has 1 aromatic heterocycles. The van der Waals surface area contributed by atoms with Crippen molar-refractivity contribution in [3.8, 4) is 6.07 Å². The van der Waals surface area contributed by atoms with Gasteiger partial charge in [-0.3, -0.25) is 9.36 Å². The minimum absolute atomic E-state index is 0.0651. The van der Waals surface area contributed by atoms with Crippen LogP contribution in [0.1, 0.15) is 37.3 Å². The number of imidazole rings is 1. The number of aromatic nitrogens is 2. The Labute approximate surface area is 180 Å². The number of para-hydroxylation sites is 1. The average molecular weight is 474 g/mol. The highest BCUT2D eigenvalue weighted by atomic mass is 79.9.